The van der Waals surface area contributed by atoms with Crippen LogP contribution >= 0.6 is 12.2 Å². The zero-order valence-electron chi connectivity index (χ0n) is 11.2. The van der Waals surface area contributed by atoms with Crippen LogP contribution < -0.4 is 10.6 Å². The van der Waals surface area contributed by atoms with E-state index in [1.807, 2.05) is 12.1 Å². The first-order chi connectivity index (χ1) is 8.54. The van der Waals surface area contributed by atoms with Gasteiger partial charge in [-0.25, -0.2) is 0 Å². The summed E-state index contributed by atoms with van der Waals surface area (Å²) < 4.78 is 5.15. The van der Waals surface area contributed by atoms with E-state index in [0.717, 1.165) is 18.8 Å². The van der Waals surface area contributed by atoms with Gasteiger partial charge in [0.1, 0.15) is 4.99 Å². The van der Waals surface area contributed by atoms with Gasteiger partial charge >= 0.3 is 0 Å². The second-order valence-electron chi connectivity index (χ2n) is 4.60. The Morgan fingerprint density at radius 2 is 2.28 bits per heavy atom. The maximum atomic E-state index is 5.61. The molecule has 1 aromatic heterocycles. The molecule has 0 amide bonds. The van der Waals surface area contributed by atoms with Crippen LogP contribution in [0.3, 0.4) is 0 Å². The van der Waals surface area contributed by atoms with Crippen molar-refractivity contribution >= 4 is 22.9 Å². The van der Waals surface area contributed by atoms with Crippen LogP contribution in [0.2, 0.25) is 0 Å². The summed E-state index contributed by atoms with van der Waals surface area (Å²) in [6.07, 6.45) is 1.74. The average molecular weight is 267 g/mol. The van der Waals surface area contributed by atoms with E-state index in [4.69, 9.17) is 22.7 Å². The number of nitrogens with zero attached hydrogens (tertiary/aromatic N) is 2. The summed E-state index contributed by atoms with van der Waals surface area (Å²) in [7, 11) is 1.71. The molecule has 0 aliphatic heterocycles. The molecule has 0 aliphatic carbocycles. The van der Waals surface area contributed by atoms with Crippen LogP contribution in [0, 0.1) is 5.92 Å². The van der Waals surface area contributed by atoms with E-state index < -0.39 is 0 Å². The van der Waals surface area contributed by atoms with E-state index in [2.05, 4.69) is 23.7 Å². The minimum atomic E-state index is 0.327. The number of hydrogen-bond donors (Lipinski definition) is 1. The monoisotopic (exact) mass is 267 g/mol. The second-order valence-corrected chi connectivity index (χ2v) is 5.04. The largest absolute Gasteiger partial charge is 0.388 e. The fourth-order valence-corrected chi connectivity index (χ4v) is 1.83. The standard InChI is InChI=1S/C13H21N3OS/c1-10(2)9-16(6-7-17-3)11-4-5-15-12(8-11)13(14)18/h4-5,8,10H,6-7,9H2,1-3H3,(H2,14,18). The van der Waals surface area contributed by atoms with E-state index in [1.165, 1.54) is 0 Å². The van der Waals surface area contributed by atoms with E-state index in [1.54, 1.807) is 13.3 Å². The van der Waals surface area contributed by atoms with Crippen LogP contribution in [0.4, 0.5) is 5.69 Å². The Balaban J connectivity index is 2.89. The van der Waals surface area contributed by atoms with Gasteiger partial charge in [0.2, 0.25) is 0 Å². The second kappa shape index (κ2) is 7.28. The summed E-state index contributed by atoms with van der Waals surface area (Å²) in [5.41, 5.74) is 7.35. The molecule has 1 rings (SSSR count). The van der Waals surface area contributed by atoms with Crippen LogP contribution in [0.25, 0.3) is 0 Å². The number of hydrogen-bond acceptors (Lipinski definition) is 4. The first-order valence-corrected chi connectivity index (χ1v) is 6.45. The average Bonchev–Trinajstić information content (AvgIpc) is 2.34. The molecule has 1 heterocycles. The number of methoxy groups -OCH3 is 1. The Kier molecular flexibility index (Phi) is 6.01. The van der Waals surface area contributed by atoms with Gasteiger partial charge in [-0.1, -0.05) is 26.1 Å². The SMILES string of the molecule is COCCN(CC(C)C)c1ccnc(C(N)=S)c1. The molecule has 0 saturated carbocycles. The minimum Gasteiger partial charge on any atom is -0.388 e. The third-order valence-corrected chi connectivity index (χ3v) is 2.72. The molecule has 0 saturated heterocycles. The lowest BCUT2D eigenvalue weighted by molar-refractivity contribution is 0.204. The molecule has 0 aromatic carbocycles. The zero-order chi connectivity index (χ0) is 13.5. The van der Waals surface area contributed by atoms with E-state index >= 15 is 0 Å². The summed E-state index contributed by atoms with van der Waals surface area (Å²) in [4.78, 5) is 6.75. The van der Waals surface area contributed by atoms with Crippen molar-refractivity contribution in [3.8, 4) is 0 Å². The van der Waals surface area contributed by atoms with Crippen molar-refractivity contribution in [3.63, 3.8) is 0 Å². The van der Waals surface area contributed by atoms with Gasteiger partial charge in [-0.3, -0.25) is 4.98 Å². The van der Waals surface area contributed by atoms with Gasteiger partial charge in [0.05, 0.1) is 12.3 Å². The molecule has 2 N–H and O–H groups in total. The maximum Gasteiger partial charge on any atom is 0.122 e. The van der Waals surface area contributed by atoms with Crippen LogP contribution in [0.1, 0.15) is 19.5 Å². The molecule has 0 spiro atoms. The van der Waals surface area contributed by atoms with E-state index in [9.17, 15) is 0 Å². The van der Waals surface area contributed by atoms with Crippen LogP contribution in [-0.2, 0) is 4.74 Å². The first-order valence-electron chi connectivity index (χ1n) is 6.04. The Morgan fingerprint density at radius 3 is 2.83 bits per heavy atom. The number of nitrogens with two attached hydrogens (primary N) is 1. The minimum absolute atomic E-state index is 0.327. The molecular formula is C13H21N3OS. The molecule has 0 aliphatic rings. The fraction of sp³-hybridized carbons (Fsp3) is 0.538. The maximum absolute atomic E-state index is 5.61. The summed E-state index contributed by atoms with van der Waals surface area (Å²) in [6.45, 7) is 6.88. The first kappa shape index (κ1) is 14.9. The Morgan fingerprint density at radius 1 is 1.56 bits per heavy atom. The lowest BCUT2D eigenvalue weighted by Gasteiger charge is -2.26. The van der Waals surface area contributed by atoms with Crippen LogP contribution in [-0.4, -0.2) is 36.8 Å². The lowest BCUT2D eigenvalue weighted by Crippen LogP contribution is -2.31. The smallest absolute Gasteiger partial charge is 0.122 e. The predicted molar refractivity (Wildman–Crippen MR) is 79.1 cm³/mol. The van der Waals surface area contributed by atoms with Crippen molar-refractivity contribution in [2.45, 2.75) is 13.8 Å². The topological polar surface area (TPSA) is 51.4 Å². The quantitative estimate of drug-likeness (QED) is 0.764. The van der Waals surface area contributed by atoms with Gasteiger partial charge in [-0.05, 0) is 18.1 Å². The number of rotatable bonds is 7. The zero-order valence-corrected chi connectivity index (χ0v) is 12.0. The Hall–Kier alpha value is -1.20. The van der Waals surface area contributed by atoms with Gasteiger partial charge in [-0.2, -0.15) is 0 Å². The van der Waals surface area contributed by atoms with E-state index in [0.29, 0.717) is 23.2 Å². The molecule has 0 fully saturated rings. The highest BCUT2D eigenvalue weighted by molar-refractivity contribution is 7.80. The van der Waals surface area contributed by atoms with Crippen molar-refractivity contribution < 1.29 is 4.74 Å². The van der Waals surface area contributed by atoms with E-state index in [-0.39, 0.29) is 0 Å². The highest BCUT2D eigenvalue weighted by atomic mass is 32.1. The molecule has 0 radical (unpaired) electrons. The van der Waals surface area contributed by atoms with Gasteiger partial charge in [-0.15, -0.1) is 0 Å². The number of ether oxygens (including phenoxy) is 1. The molecule has 100 valence electrons. The third kappa shape index (κ3) is 4.58. The molecule has 4 nitrogen and oxygen atoms in total. The number of pyridine rings is 1. The summed E-state index contributed by atoms with van der Waals surface area (Å²) in [5, 5.41) is 0. The highest BCUT2D eigenvalue weighted by Crippen LogP contribution is 2.16. The van der Waals surface area contributed by atoms with Crippen molar-refractivity contribution in [3.05, 3.63) is 24.0 Å². The normalized spacial score (nSPS) is 10.7. The molecule has 0 unspecified atom stereocenters. The van der Waals surface area contributed by atoms with Crippen molar-refractivity contribution in [2.75, 3.05) is 31.7 Å². The predicted octanol–water partition coefficient (Wildman–Crippen LogP) is 1.82. The molecule has 1 aromatic rings. The van der Waals surface area contributed by atoms with Gasteiger partial charge in [0.15, 0.2) is 0 Å². The van der Waals surface area contributed by atoms with Gasteiger partial charge in [0.25, 0.3) is 0 Å². The van der Waals surface area contributed by atoms with Crippen LogP contribution in [0.5, 0.6) is 0 Å². The Bertz CT molecular complexity index is 396. The van der Waals surface area contributed by atoms with Crippen molar-refractivity contribution in [1.29, 1.82) is 0 Å². The number of aromatic nitrogens is 1. The fourth-order valence-electron chi connectivity index (χ4n) is 1.72. The molecule has 18 heavy (non-hydrogen) atoms. The van der Waals surface area contributed by atoms with Crippen LogP contribution in [0.15, 0.2) is 18.3 Å². The summed E-state index contributed by atoms with van der Waals surface area (Å²) in [6, 6.07) is 3.90. The highest BCUT2D eigenvalue weighted by Gasteiger charge is 2.10. The molecule has 5 heteroatoms. The molecule has 0 bridgehead atoms. The number of anilines is 1. The molecule has 0 atom stereocenters. The Labute approximate surface area is 114 Å². The van der Waals surface area contributed by atoms with Crippen molar-refractivity contribution in [2.24, 2.45) is 11.7 Å². The number of thiocarbonyl (C=S) groups is 1. The van der Waals surface area contributed by atoms with Gasteiger partial charge in [0, 0.05) is 32.1 Å². The lowest BCUT2D eigenvalue weighted by atomic mass is 10.2. The third-order valence-electron chi connectivity index (χ3n) is 2.51. The van der Waals surface area contributed by atoms with Gasteiger partial charge < -0.3 is 15.4 Å². The van der Waals surface area contributed by atoms with Crippen molar-refractivity contribution in [1.82, 2.24) is 4.98 Å². The summed E-state index contributed by atoms with van der Waals surface area (Å²) in [5.74, 6) is 0.572. The summed E-state index contributed by atoms with van der Waals surface area (Å²) >= 11 is 4.96. The molecular weight excluding hydrogens is 246 g/mol.